The molecule has 100 valence electrons. The second kappa shape index (κ2) is 6.48. The van der Waals surface area contributed by atoms with Crippen LogP contribution < -0.4 is 10.6 Å². The highest BCUT2D eigenvalue weighted by Gasteiger charge is 2.06. The number of carbonyl (C=O) groups excluding carboxylic acids is 1. The van der Waals surface area contributed by atoms with E-state index in [1.807, 2.05) is 17.7 Å². The predicted molar refractivity (Wildman–Crippen MR) is 70.8 cm³/mol. The maximum Gasteiger partial charge on any atom is 0.271 e. The van der Waals surface area contributed by atoms with E-state index in [0.717, 1.165) is 6.54 Å². The third kappa shape index (κ3) is 3.77. The standard InChI is InChI=1S/C12H16N6O/c1-2-14-12(19)10-3-4-11(17-16-10)15-6-8-18-7-5-13-9-18/h3-5,7,9H,2,6,8H2,1H3,(H,14,19)(H,15,17). The summed E-state index contributed by atoms with van der Waals surface area (Å²) in [7, 11) is 0. The van der Waals surface area contributed by atoms with E-state index in [2.05, 4.69) is 25.8 Å². The summed E-state index contributed by atoms with van der Waals surface area (Å²) in [6, 6.07) is 3.39. The van der Waals surface area contributed by atoms with E-state index in [4.69, 9.17) is 0 Å². The minimum atomic E-state index is -0.208. The molecule has 7 nitrogen and oxygen atoms in total. The van der Waals surface area contributed by atoms with E-state index in [1.165, 1.54) is 0 Å². The molecular weight excluding hydrogens is 244 g/mol. The first-order chi connectivity index (χ1) is 9.29. The first-order valence-electron chi connectivity index (χ1n) is 6.11. The Morgan fingerprint density at radius 3 is 2.89 bits per heavy atom. The number of hydrogen-bond donors (Lipinski definition) is 2. The lowest BCUT2D eigenvalue weighted by Gasteiger charge is -2.06. The zero-order chi connectivity index (χ0) is 13.5. The number of hydrogen-bond acceptors (Lipinski definition) is 5. The molecule has 19 heavy (non-hydrogen) atoms. The summed E-state index contributed by atoms with van der Waals surface area (Å²) in [6.07, 6.45) is 5.39. The van der Waals surface area contributed by atoms with Crippen molar-refractivity contribution in [3.05, 3.63) is 36.5 Å². The van der Waals surface area contributed by atoms with Crippen molar-refractivity contribution in [3.63, 3.8) is 0 Å². The Kier molecular flexibility index (Phi) is 4.44. The van der Waals surface area contributed by atoms with Crippen LogP contribution in [0.1, 0.15) is 17.4 Å². The minimum Gasteiger partial charge on any atom is -0.367 e. The van der Waals surface area contributed by atoms with Gasteiger partial charge in [0.15, 0.2) is 5.69 Å². The monoisotopic (exact) mass is 260 g/mol. The third-order valence-corrected chi connectivity index (χ3v) is 2.47. The van der Waals surface area contributed by atoms with Gasteiger partial charge in [0.1, 0.15) is 5.82 Å². The van der Waals surface area contributed by atoms with E-state index in [-0.39, 0.29) is 5.91 Å². The van der Waals surface area contributed by atoms with Crippen LogP contribution in [-0.2, 0) is 6.54 Å². The van der Waals surface area contributed by atoms with E-state index in [9.17, 15) is 4.79 Å². The molecule has 2 aromatic rings. The predicted octanol–water partition coefficient (Wildman–Crippen LogP) is 0.535. The van der Waals surface area contributed by atoms with Gasteiger partial charge in [-0.2, -0.15) is 0 Å². The van der Waals surface area contributed by atoms with Crippen molar-refractivity contribution in [3.8, 4) is 0 Å². The molecule has 0 saturated carbocycles. The Labute approximate surface area is 111 Å². The van der Waals surface area contributed by atoms with Gasteiger partial charge < -0.3 is 15.2 Å². The lowest BCUT2D eigenvalue weighted by molar-refractivity contribution is 0.0950. The van der Waals surface area contributed by atoms with Crippen molar-refractivity contribution in [1.29, 1.82) is 0 Å². The number of amides is 1. The summed E-state index contributed by atoms with van der Waals surface area (Å²) in [5.41, 5.74) is 0.321. The molecule has 2 aromatic heterocycles. The van der Waals surface area contributed by atoms with Gasteiger partial charge >= 0.3 is 0 Å². The lowest BCUT2D eigenvalue weighted by atomic mass is 10.3. The molecule has 0 aliphatic heterocycles. The maximum atomic E-state index is 11.5. The van der Waals surface area contributed by atoms with Crippen molar-refractivity contribution in [1.82, 2.24) is 25.1 Å². The van der Waals surface area contributed by atoms with Crippen LogP contribution in [0, 0.1) is 0 Å². The summed E-state index contributed by atoms with van der Waals surface area (Å²) in [5.74, 6) is 0.438. The van der Waals surface area contributed by atoms with Crippen molar-refractivity contribution < 1.29 is 4.79 Å². The molecule has 0 aliphatic carbocycles. The topological polar surface area (TPSA) is 84.7 Å². The van der Waals surface area contributed by atoms with Crippen LogP contribution in [0.3, 0.4) is 0 Å². The maximum absolute atomic E-state index is 11.5. The van der Waals surface area contributed by atoms with E-state index in [1.54, 1.807) is 24.7 Å². The van der Waals surface area contributed by atoms with Crippen molar-refractivity contribution in [2.24, 2.45) is 0 Å². The molecule has 2 heterocycles. The summed E-state index contributed by atoms with van der Waals surface area (Å²) >= 11 is 0. The molecular formula is C12H16N6O. The lowest BCUT2D eigenvalue weighted by Crippen LogP contribution is -2.24. The van der Waals surface area contributed by atoms with Crippen molar-refractivity contribution in [2.45, 2.75) is 13.5 Å². The van der Waals surface area contributed by atoms with Crippen LogP contribution >= 0.6 is 0 Å². The average molecular weight is 260 g/mol. The number of nitrogens with one attached hydrogen (secondary N) is 2. The SMILES string of the molecule is CCNC(=O)c1ccc(NCCn2ccnc2)nn1. The second-order valence-electron chi connectivity index (χ2n) is 3.89. The molecule has 0 aromatic carbocycles. The molecule has 7 heteroatoms. The Balaban J connectivity index is 1.83. The fourth-order valence-corrected chi connectivity index (χ4v) is 1.53. The molecule has 0 bridgehead atoms. The molecule has 0 saturated heterocycles. The fraction of sp³-hybridized carbons (Fsp3) is 0.333. The smallest absolute Gasteiger partial charge is 0.271 e. The van der Waals surface area contributed by atoms with Gasteiger partial charge in [0.2, 0.25) is 0 Å². The minimum absolute atomic E-state index is 0.208. The van der Waals surface area contributed by atoms with Crippen LogP contribution in [0.25, 0.3) is 0 Å². The molecule has 0 fully saturated rings. The third-order valence-electron chi connectivity index (χ3n) is 2.47. The first-order valence-corrected chi connectivity index (χ1v) is 6.11. The number of aromatic nitrogens is 4. The van der Waals surface area contributed by atoms with Gasteiger partial charge in [0.05, 0.1) is 6.33 Å². The van der Waals surface area contributed by atoms with Crippen molar-refractivity contribution >= 4 is 11.7 Å². The van der Waals surface area contributed by atoms with Crippen LogP contribution in [0.2, 0.25) is 0 Å². The molecule has 0 aliphatic rings. The molecule has 0 spiro atoms. The molecule has 1 amide bonds. The van der Waals surface area contributed by atoms with Crippen LogP contribution in [0.15, 0.2) is 30.9 Å². The van der Waals surface area contributed by atoms with E-state index >= 15 is 0 Å². The summed E-state index contributed by atoms with van der Waals surface area (Å²) < 4.78 is 1.96. The summed E-state index contributed by atoms with van der Waals surface area (Å²) in [6.45, 7) is 3.94. The van der Waals surface area contributed by atoms with Gasteiger partial charge in [0.25, 0.3) is 5.91 Å². The van der Waals surface area contributed by atoms with Crippen molar-refractivity contribution in [2.75, 3.05) is 18.4 Å². The number of imidazole rings is 1. The Bertz CT molecular complexity index is 508. The van der Waals surface area contributed by atoms with Gasteiger partial charge in [-0.05, 0) is 19.1 Å². The average Bonchev–Trinajstić information content (AvgIpc) is 2.93. The van der Waals surface area contributed by atoms with Gasteiger partial charge in [-0.1, -0.05) is 0 Å². The zero-order valence-electron chi connectivity index (χ0n) is 10.7. The number of carbonyl (C=O) groups is 1. The normalized spacial score (nSPS) is 10.2. The summed E-state index contributed by atoms with van der Waals surface area (Å²) in [5, 5.41) is 13.6. The largest absolute Gasteiger partial charge is 0.367 e. The highest BCUT2D eigenvalue weighted by atomic mass is 16.1. The van der Waals surface area contributed by atoms with Crippen LogP contribution in [0.4, 0.5) is 5.82 Å². The Morgan fingerprint density at radius 2 is 2.26 bits per heavy atom. The quantitative estimate of drug-likeness (QED) is 0.791. The van der Waals surface area contributed by atoms with Gasteiger partial charge in [-0.15, -0.1) is 10.2 Å². The zero-order valence-corrected chi connectivity index (χ0v) is 10.7. The Morgan fingerprint density at radius 1 is 1.37 bits per heavy atom. The first kappa shape index (κ1) is 13.0. The van der Waals surface area contributed by atoms with E-state index in [0.29, 0.717) is 24.6 Å². The highest BCUT2D eigenvalue weighted by molar-refractivity contribution is 5.92. The molecule has 0 atom stereocenters. The van der Waals surface area contributed by atoms with Gasteiger partial charge in [0, 0.05) is 32.0 Å². The molecule has 0 unspecified atom stereocenters. The van der Waals surface area contributed by atoms with Gasteiger partial charge in [-0.25, -0.2) is 4.98 Å². The molecule has 2 rings (SSSR count). The molecule has 0 radical (unpaired) electrons. The number of anilines is 1. The van der Waals surface area contributed by atoms with Crippen LogP contribution in [0.5, 0.6) is 0 Å². The molecule has 2 N–H and O–H groups in total. The summed E-state index contributed by atoms with van der Waals surface area (Å²) in [4.78, 5) is 15.4. The fourth-order valence-electron chi connectivity index (χ4n) is 1.53. The second-order valence-corrected chi connectivity index (χ2v) is 3.89. The van der Waals surface area contributed by atoms with Gasteiger partial charge in [-0.3, -0.25) is 4.79 Å². The number of rotatable bonds is 6. The van der Waals surface area contributed by atoms with Crippen LogP contribution in [-0.4, -0.2) is 38.7 Å². The van der Waals surface area contributed by atoms with E-state index < -0.39 is 0 Å². The highest BCUT2D eigenvalue weighted by Crippen LogP contribution is 2.01. The number of nitrogens with zero attached hydrogens (tertiary/aromatic N) is 4. The Hall–Kier alpha value is -2.44.